The molecular weight excluding hydrogens is 266 g/mol. The molecule has 1 heterocycles. The number of benzene rings is 1. The Balaban J connectivity index is 1.95. The van der Waals surface area contributed by atoms with E-state index < -0.39 is 0 Å². The Kier molecular flexibility index (Phi) is 5.72. The summed E-state index contributed by atoms with van der Waals surface area (Å²) in [4.78, 5) is 16.1. The molecule has 0 fully saturated rings. The minimum absolute atomic E-state index is 0.178. The van der Waals surface area contributed by atoms with Gasteiger partial charge < -0.3 is 15.4 Å². The third-order valence-electron chi connectivity index (χ3n) is 2.87. The van der Waals surface area contributed by atoms with Crippen LogP contribution in [0.2, 0.25) is 0 Å². The van der Waals surface area contributed by atoms with Crippen LogP contribution in [-0.2, 0) is 4.74 Å². The molecule has 110 valence electrons. The number of pyridine rings is 1. The Morgan fingerprint density at radius 3 is 2.76 bits per heavy atom. The highest BCUT2D eigenvalue weighted by Crippen LogP contribution is 2.15. The average Bonchev–Trinajstić information content (AvgIpc) is 2.53. The zero-order chi connectivity index (χ0) is 14.9. The Morgan fingerprint density at radius 2 is 2.00 bits per heavy atom. The van der Waals surface area contributed by atoms with Crippen molar-refractivity contribution in [1.29, 1.82) is 0 Å². The maximum atomic E-state index is 12.0. The van der Waals surface area contributed by atoms with Crippen LogP contribution in [0.25, 0.3) is 0 Å². The summed E-state index contributed by atoms with van der Waals surface area (Å²) in [7, 11) is 1.64. The Hall–Kier alpha value is -2.40. The molecule has 5 heteroatoms. The fraction of sp³-hybridized carbons (Fsp3) is 0.250. The Morgan fingerprint density at radius 1 is 1.19 bits per heavy atom. The van der Waals surface area contributed by atoms with Crippen molar-refractivity contribution in [3.8, 4) is 0 Å². The smallest absolute Gasteiger partial charge is 0.269 e. The molecule has 0 aliphatic carbocycles. The summed E-state index contributed by atoms with van der Waals surface area (Å²) in [6.07, 6.45) is 2.40. The third kappa shape index (κ3) is 4.89. The maximum Gasteiger partial charge on any atom is 0.269 e. The summed E-state index contributed by atoms with van der Waals surface area (Å²) < 4.78 is 4.94. The number of aromatic nitrogens is 1. The number of para-hydroxylation sites is 1. The molecule has 1 aromatic heterocycles. The van der Waals surface area contributed by atoms with E-state index in [0.717, 1.165) is 17.8 Å². The number of nitrogens with zero attached hydrogens (tertiary/aromatic N) is 1. The Labute approximate surface area is 124 Å². The van der Waals surface area contributed by atoms with Gasteiger partial charge in [0.05, 0.1) is 0 Å². The quantitative estimate of drug-likeness (QED) is 0.768. The average molecular weight is 285 g/mol. The minimum atomic E-state index is -0.178. The summed E-state index contributed by atoms with van der Waals surface area (Å²) in [6.45, 7) is 1.20. The van der Waals surface area contributed by atoms with Crippen LogP contribution in [0.5, 0.6) is 0 Å². The number of carbonyl (C=O) groups excluding carboxylic acids is 1. The maximum absolute atomic E-state index is 12.0. The van der Waals surface area contributed by atoms with Gasteiger partial charge in [-0.15, -0.1) is 0 Å². The first-order valence-electron chi connectivity index (χ1n) is 6.85. The molecule has 1 aromatic carbocycles. The lowest BCUT2D eigenvalue weighted by molar-refractivity contribution is 0.0943. The Bertz CT molecular complexity index is 573. The standard InChI is InChI=1S/C16H19N3O2/c1-21-11-5-9-18-16(20)15-12-14(8-10-17-15)19-13-6-3-2-4-7-13/h2-4,6-8,10,12H,5,9,11H2,1H3,(H,17,19)(H,18,20). The predicted octanol–water partition coefficient (Wildman–Crippen LogP) is 2.59. The summed E-state index contributed by atoms with van der Waals surface area (Å²) >= 11 is 0. The van der Waals surface area contributed by atoms with Crippen LogP contribution >= 0.6 is 0 Å². The van der Waals surface area contributed by atoms with E-state index in [-0.39, 0.29) is 5.91 Å². The molecule has 21 heavy (non-hydrogen) atoms. The molecule has 2 N–H and O–H groups in total. The molecule has 0 unspecified atom stereocenters. The number of anilines is 2. The van der Waals surface area contributed by atoms with Crippen molar-refractivity contribution in [3.63, 3.8) is 0 Å². The van der Waals surface area contributed by atoms with E-state index in [1.807, 2.05) is 36.4 Å². The summed E-state index contributed by atoms with van der Waals surface area (Å²) in [5.41, 5.74) is 2.20. The number of methoxy groups -OCH3 is 1. The molecule has 0 atom stereocenters. The van der Waals surface area contributed by atoms with Gasteiger partial charge in [0.1, 0.15) is 5.69 Å². The molecule has 5 nitrogen and oxygen atoms in total. The molecule has 0 aliphatic rings. The molecule has 2 rings (SSSR count). The van der Waals surface area contributed by atoms with E-state index >= 15 is 0 Å². The van der Waals surface area contributed by atoms with Crippen molar-refractivity contribution in [2.45, 2.75) is 6.42 Å². The zero-order valence-corrected chi connectivity index (χ0v) is 12.0. The van der Waals surface area contributed by atoms with Gasteiger partial charge in [0.15, 0.2) is 0 Å². The van der Waals surface area contributed by atoms with Gasteiger partial charge in [-0.05, 0) is 30.7 Å². The first kappa shape index (κ1) is 15.0. The van der Waals surface area contributed by atoms with E-state index in [9.17, 15) is 4.79 Å². The van der Waals surface area contributed by atoms with E-state index in [0.29, 0.717) is 18.8 Å². The van der Waals surface area contributed by atoms with Gasteiger partial charge in [-0.1, -0.05) is 18.2 Å². The molecule has 0 spiro atoms. The van der Waals surface area contributed by atoms with Crippen molar-refractivity contribution >= 4 is 17.3 Å². The van der Waals surface area contributed by atoms with Crippen LogP contribution in [0, 0.1) is 0 Å². The van der Waals surface area contributed by atoms with Crippen molar-refractivity contribution in [2.75, 3.05) is 25.6 Å². The lowest BCUT2D eigenvalue weighted by Gasteiger charge is -2.08. The van der Waals surface area contributed by atoms with Crippen LogP contribution in [0.15, 0.2) is 48.7 Å². The normalized spacial score (nSPS) is 10.1. The molecule has 0 bridgehead atoms. The van der Waals surface area contributed by atoms with Crippen LogP contribution in [0.1, 0.15) is 16.9 Å². The van der Waals surface area contributed by atoms with Gasteiger partial charge in [0.2, 0.25) is 0 Å². The number of amides is 1. The number of rotatable bonds is 7. The van der Waals surface area contributed by atoms with Crippen molar-refractivity contribution < 1.29 is 9.53 Å². The van der Waals surface area contributed by atoms with E-state index in [2.05, 4.69) is 15.6 Å². The number of hydrogen-bond acceptors (Lipinski definition) is 4. The number of ether oxygens (including phenoxy) is 1. The highest BCUT2D eigenvalue weighted by Gasteiger charge is 2.07. The molecule has 0 radical (unpaired) electrons. The minimum Gasteiger partial charge on any atom is -0.385 e. The zero-order valence-electron chi connectivity index (χ0n) is 12.0. The molecule has 0 aliphatic heterocycles. The second-order valence-corrected chi connectivity index (χ2v) is 4.52. The van der Waals surface area contributed by atoms with Crippen molar-refractivity contribution in [2.24, 2.45) is 0 Å². The molecule has 1 amide bonds. The first-order valence-corrected chi connectivity index (χ1v) is 6.85. The molecule has 2 aromatic rings. The summed E-state index contributed by atoms with van der Waals surface area (Å²) in [6, 6.07) is 13.3. The fourth-order valence-corrected chi connectivity index (χ4v) is 1.83. The van der Waals surface area contributed by atoms with Gasteiger partial charge in [-0.25, -0.2) is 0 Å². The monoisotopic (exact) mass is 285 g/mol. The largest absolute Gasteiger partial charge is 0.385 e. The van der Waals surface area contributed by atoms with Gasteiger partial charge in [-0.2, -0.15) is 0 Å². The fourth-order valence-electron chi connectivity index (χ4n) is 1.83. The topological polar surface area (TPSA) is 63.2 Å². The number of carbonyl (C=O) groups is 1. The van der Waals surface area contributed by atoms with Crippen LogP contribution in [-0.4, -0.2) is 31.2 Å². The van der Waals surface area contributed by atoms with E-state index in [1.165, 1.54) is 0 Å². The van der Waals surface area contributed by atoms with Crippen molar-refractivity contribution in [3.05, 3.63) is 54.4 Å². The van der Waals surface area contributed by atoms with Crippen molar-refractivity contribution in [1.82, 2.24) is 10.3 Å². The number of nitrogens with one attached hydrogen (secondary N) is 2. The highest BCUT2D eigenvalue weighted by atomic mass is 16.5. The van der Waals surface area contributed by atoms with Gasteiger partial charge in [0, 0.05) is 37.8 Å². The van der Waals surface area contributed by atoms with E-state index in [1.54, 1.807) is 19.4 Å². The van der Waals surface area contributed by atoms with Crippen LogP contribution in [0.4, 0.5) is 11.4 Å². The molecule has 0 saturated heterocycles. The van der Waals surface area contributed by atoms with Crippen LogP contribution < -0.4 is 10.6 Å². The second kappa shape index (κ2) is 8.01. The SMILES string of the molecule is COCCCNC(=O)c1cc(Nc2ccccc2)ccn1. The second-order valence-electron chi connectivity index (χ2n) is 4.52. The van der Waals surface area contributed by atoms with Crippen LogP contribution in [0.3, 0.4) is 0 Å². The lowest BCUT2D eigenvalue weighted by Crippen LogP contribution is -2.26. The highest BCUT2D eigenvalue weighted by molar-refractivity contribution is 5.93. The first-order chi connectivity index (χ1) is 10.3. The third-order valence-corrected chi connectivity index (χ3v) is 2.87. The summed E-state index contributed by atoms with van der Waals surface area (Å²) in [5.74, 6) is -0.178. The lowest BCUT2D eigenvalue weighted by atomic mass is 10.2. The predicted molar refractivity (Wildman–Crippen MR) is 82.8 cm³/mol. The summed E-state index contributed by atoms with van der Waals surface area (Å²) in [5, 5.41) is 6.05. The van der Waals surface area contributed by atoms with Gasteiger partial charge in [-0.3, -0.25) is 9.78 Å². The van der Waals surface area contributed by atoms with E-state index in [4.69, 9.17) is 4.74 Å². The molecular formula is C16H19N3O2. The van der Waals surface area contributed by atoms with Gasteiger partial charge in [0.25, 0.3) is 5.91 Å². The molecule has 0 saturated carbocycles. The number of hydrogen-bond donors (Lipinski definition) is 2. The van der Waals surface area contributed by atoms with Gasteiger partial charge >= 0.3 is 0 Å².